The minimum Gasteiger partial charge on any atom is -0.397 e. The van der Waals surface area contributed by atoms with Crippen molar-refractivity contribution in [3.8, 4) is 0 Å². The van der Waals surface area contributed by atoms with E-state index in [-0.39, 0.29) is 0 Å². The summed E-state index contributed by atoms with van der Waals surface area (Å²) in [5.74, 6) is 0. The van der Waals surface area contributed by atoms with E-state index in [2.05, 4.69) is 15.0 Å². The molecule has 0 aliphatic heterocycles. The lowest BCUT2D eigenvalue weighted by Crippen LogP contribution is -1.98. The van der Waals surface area contributed by atoms with Crippen LogP contribution in [0.15, 0.2) is 43.0 Å². The van der Waals surface area contributed by atoms with Gasteiger partial charge >= 0.3 is 0 Å². The van der Waals surface area contributed by atoms with Gasteiger partial charge in [0.05, 0.1) is 23.3 Å². The molecule has 0 aromatic carbocycles. The number of pyridine rings is 1. The average molecular weight is 198 g/mol. The second-order valence-corrected chi connectivity index (χ2v) is 2.94. The first kappa shape index (κ1) is 9.33. The first-order valence-corrected chi connectivity index (χ1v) is 4.51. The predicted molar refractivity (Wildman–Crippen MR) is 58.3 cm³/mol. The molecule has 0 aliphatic carbocycles. The van der Waals surface area contributed by atoms with E-state index in [1.54, 1.807) is 30.9 Å². The second kappa shape index (κ2) is 4.32. The zero-order chi connectivity index (χ0) is 10.5. The maximum Gasteiger partial charge on any atom is 0.0859 e. The maximum absolute atomic E-state index is 5.86. The Morgan fingerprint density at radius 2 is 2.07 bits per heavy atom. The summed E-state index contributed by atoms with van der Waals surface area (Å²) in [4.78, 5) is 12.2. The second-order valence-electron chi connectivity index (χ2n) is 2.94. The van der Waals surface area contributed by atoms with Crippen molar-refractivity contribution in [1.29, 1.82) is 0 Å². The largest absolute Gasteiger partial charge is 0.397 e. The molecule has 4 nitrogen and oxygen atoms in total. The highest BCUT2D eigenvalue weighted by molar-refractivity contribution is 5.76. The minimum atomic E-state index is 0.580. The molecule has 0 atom stereocenters. The van der Waals surface area contributed by atoms with Crippen molar-refractivity contribution in [2.75, 3.05) is 0 Å². The quantitative estimate of drug-likeness (QED) is 0.790. The van der Waals surface area contributed by atoms with Crippen molar-refractivity contribution >= 4 is 11.8 Å². The molecule has 0 radical (unpaired) electrons. The monoisotopic (exact) mass is 198 g/mol. The van der Waals surface area contributed by atoms with E-state index in [0.29, 0.717) is 5.70 Å². The van der Waals surface area contributed by atoms with Crippen LogP contribution < -0.4 is 5.73 Å². The van der Waals surface area contributed by atoms with Gasteiger partial charge in [0.15, 0.2) is 0 Å². The van der Waals surface area contributed by atoms with E-state index in [4.69, 9.17) is 5.73 Å². The standard InChI is InChI=1S/C11H10N4/c12-10(11-3-1-2-4-15-11)7-9-8-13-5-6-14-9/h1-8H,12H2. The molecule has 15 heavy (non-hydrogen) atoms. The molecule has 2 N–H and O–H groups in total. The van der Waals surface area contributed by atoms with Crippen molar-refractivity contribution in [2.24, 2.45) is 5.73 Å². The van der Waals surface area contributed by atoms with Gasteiger partial charge in [-0.25, -0.2) is 0 Å². The number of hydrogen-bond donors (Lipinski definition) is 1. The molecule has 0 saturated heterocycles. The number of nitrogens with zero attached hydrogens (tertiary/aromatic N) is 3. The summed E-state index contributed by atoms with van der Waals surface area (Å²) in [6.07, 6.45) is 8.34. The van der Waals surface area contributed by atoms with Crippen LogP contribution >= 0.6 is 0 Å². The molecule has 2 aromatic rings. The topological polar surface area (TPSA) is 64.7 Å². The van der Waals surface area contributed by atoms with Crippen molar-refractivity contribution in [3.63, 3.8) is 0 Å². The third-order valence-corrected chi connectivity index (χ3v) is 1.85. The Bertz CT molecular complexity index is 451. The summed E-state index contributed by atoms with van der Waals surface area (Å²) < 4.78 is 0. The Balaban J connectivity index is 2.29. The first-order chi connectivity index (χ1) is 7.36. The van der Waals surface area contributed by atoms with E-state index >= 15 is 0 Å². The Labute approximate surface area is 87.5 Å². The van der Waals surface area contributed by atoms with Gasteiger partial charge < -0.3 is 5.73 Å². The van der Waals surface area contributed by atoms with Gasteiger partial charge in [-0.05, 0) is 18.2 Å². The Hall–Kier alpha value is -2.23. The van der Waals surface area contributed by atoms with Crippen LogP contribution in [0.3, 0.4) is 0 Å². The molecule has 0 bridgehead atoms. The molecule has 2 aromatic heterocycles. The van der Waals surface area contributed by atoms with Gasteiger partial charge in [-0.1, -0.05) is 6.07 Å². The number of nitrogens with two attached hydrogens (primary N) is 1. The lowest BCUT2D eigenvalue weighted by molar-refractivity contribution is 1.18. The third kappa shape index (κ3) is 2.37. The predicted octanol–water partition coefficient (Wildman–Crippen LogP) is 1.33. The smallest absolute Gasteiger partial charge is 0.0859 e. The summed E-state index contributed by atoms with van der Waals surface area (Å²) in [7, 11) is 0. The Morgan fingerprint density at radius 1 is 1.13 bits per heavy atom. The van der Waals surface area contributed by atoms with Crippen LogP contribution in [0.5, 0.6) is 0 Å². The molecule has 0 unspecified atom stereocenters. The highest BCUT2D eigenvalue weighted by atomic mass is 14.8. The SMILES string of the molecule is NC(=Cc1cnccn1)c1ccccn1. The van der Waals surface area contributed by atoms with Crippen molar-refractivity contribution in [3.05, 3.63) is 54.4 Å². The van der Waals surface area contributed by atoms with Gasteiger partial charge in [0.2, 0.25) is 0 Å². The van der Waals surface area contributed by atoms with E-state index in [1.807, 2.05) is 18.2 Å². The van der Waals surface area contributed by atoms with E-state index in [9.17, 15) is 0 Å². The van der Waals surface area contributed by atoms with Crippen LogP contribution in [0, 0.1) is 0 Å². The Kier molecular flexibility index (Phi) is 2.69. The summed E-state index contributed by atoms with van der Waals surface area (Å²) in [5.41, 5.74) is 7.90. The van der Waals surface area contributed by atoms with Gasteiger partial charge in [0.25, 0.3) is 0 Å². The van der Waals surface area contributed by atoms with Crippen LogP contribution in [-0.2, 0) is 0 Å². The lowest BCUT2D eigenvalue weighted by Gasteiger charge is -1.99. The van der Waals surface area contributed by atoms with Gasteiger partial charge in [0.1, 0.15) is 0 Å². The zero-order valence-corrected chi connectivity index (χ0v) is 8.04. The highest BCUT2D eigenvalue weighted by Gasteiger charge is 1.97. The normalized spacial score (nSPS) is 11.3. The number of rotatable bonds is 2. The third-order valence-electron chi connectivity index (χ3n) is 1.85. The van der Waals surface area contributed by atoms with Crippen molar-refractivity contribution in [2.45, 2.75) is 0 Å². The van der Waals surface area contributed by atoms with E-state index in [1.165, 1.54) is 0 Å². The summed E-state index contributed by atoms with van der Waals surface area (Å²) in [5, 5.41) is 0. The molecule has 0 saturated carbocycles. The van der Waals surface area contributed by atoms with E-state index < -0.39 is 0 Å². The fraction of sp³-hybridized carbons (Fsp3) is 0. The molecule has 4 heteroatoms. The summed E-state index contributed by atoms with van der Waals surface area (Å²) in [6.45, 7) is 0. The highest BCUT2D eigenvalue weighted by Crippen LogP contribution is 2.07. The molecule has 0 aliphatic rings. The van der Waals surface area contributed by atoms with E-state index in [0.717, 1.165) is 11.4 Å². The molecular formula is C11H10N4. The first-order valence-electron chi connectivity index (χ1n) is 4.51. The average Bonchev–Trinajstić information content (AvgIpc) is 2.31. The van der Waals surface area contributed by atoms with Crippen LogP contribution in [0.25, 0.3) is 11.8 Å². The van der Waals surface area contributed by atoms with Gasteiger partial charge in [-0.3, -0.25) is 15.0 Å². The molecule has 2 heterocycles. The number of aromatic nitrogens is 3. The summed E-state index contributed by atoms with van der Waals surface area (Å²) in [6, 6.07) is 5.58. The van der Waals surface area contributed by atoms with Crippen LogP contribution in [0.1, 0.15) is 11.4 Å². The van der Waals surface area contributed by atoms with Gasteiger partial charge in [0, 0.05) is 18.6 Å². The molecule has 2 rings (SSSR count). The van der Waals surface area contributed by atoms with Crippen molar-refractivity contribution in [1.82, 2.24) is 15.0 Å². The summed E-state index contributed by atoms with van der Waals surface area (Å²) >= 11 is 0. The minimum absolute atomic E-state index is 0.580. The Morgan fingerprint density at radius 3 is 2.73 bits per heavy atom. The number of hydrogen-bond acceptors (Lipinski definition) is 4. The van der Waals surface area contributed by atoms with Gasteiger partial charge in [-0.15, -0.1) is 0 Å². The molecular weight excluding hydrogens is 188 g/mol. The van der Waals surface area contributed by atoms with Crippen molar-refractivity contribution < 1.29 is 0 Å². The lowest BCUT2D eigenvalue weighted by atomic mass is 10.2. The fourth-order valence-electron chi connectivity index (χ4n) is 1.15. The van der Waals surface area contributed by atoms with Crippen LogP contribution in [-0.4, -0.2) is 15.0 Å². The van der Waals surface area contributed by atoms with Crippen LogP contribution in [0.4, 0.5) is 0 Å². The zero-order valence-electron chi connectivity index (χ0n) is 8.04. The van der Waals surface area contributed by atoms with Crippen LogP contribution in [0.2, 0.25) is 0 Å². The molecule has 0 fully saturated rings. The molecule has 74 valence electrons. The van der Waals surface area contributed by atoms with Gasteiger partial charge in [-0.2, -0.15) is 0 Å². The molecule has 0 amide bonds. The maximum atomic E-state index is 5.86. The fourth-order valence-corrected chi connectivity index (χ4v) is 1.15. The molecule has 0 spiro atoms.